The maximum absolute atomic E-state index is 12.0. The van der Waals surface area contributed by atoms with Gasteiger partial charge in [0.15, 0.2) is 11.7 Å². The third kappa shape index (κ3) is 5.53. The summed E-state index contributed by atoms with van der Waals surface area (Å²) in [6, 6.07) is 10.9. The number of guanidine groups is 1. The summed E-state index contributed by atoms with van der Waals surface area (Å²) in [5.74, 6) is 0.773. The number of nitrogens with zero attached hydrogens (tertiary/aromatic N) is 3. The average molecular weight is 413 g/mol. The van der Waals surface area contributed by atoms with Crippen LogP contribution in [0.1, 0.15) is 23.0 Å². The summed E-state index contributed by atoms with van der Waals surface area (Å²) in [5, 5.41) is 6.14. The van der Waals surface area contributed by atoms with E-state index in [2.05, 4.69) is 20.5 Å². The van der Waals surface area contributed by atoms with E-state index in [1.807, 2.05) is 24.3 Å². The molecule has 1 aliphatic rings. The van der Waals surface area contributed by atoms with Crippen LogP contribution in [0.4, 0.5) is 10.5 Å². The molecule has 2 N–H and O–H groups in total. The second-order valence-corrected chi connectivity index (χ2v) is 6.70. The zero-order chi connectivity index (χ0) is 21.3. The van der Waals surface area contributed by atoms with Crippen molar-refractivity contribution in [3.8, 4) is 0 Å². The Morgan fingerprint density at radius 3 is 2.40 bits per heavy atom. The van der Waals surface area contributed by atoms with Crippen molar-refractivity contribution in [1.29, 1.82) is 0 Å². The van der Waals surface area contributed by atoms with Crippen molar-refractivity contribution < 1.29 is 18.7 Å². The second kappa shape index (κ2) is 10.3. The zero-order valence-electron chi connectivity index (χ0n) is 17.3. The molecule has 1 fully saturated rings. The van der Waals surface area contributed by atoms with Gasteiger partial charge in [-0.05, 0) is 36.8 Å². The molecule has 0 atom stereocenters. The lowest BCUT2D eigenvalue weighted by Gasteiger charge is -2.35. The molecule has 3 rings (SSSR count). The Morgan fingerprint density at radius 1 is 1.10 bits per heavy atom. The largest absolute Gasteiger partial charge is 0.459 e. The van der Waals surface area contributed by atoms with Gasteiger partial charge in [0.05, 0.1) is 12.9 Å². The molecule has 30 heavy (non-hydrogen) atoms. The van der Waals surface area contributed by atoms with Gasteiger partial charge in [0.2, 0.25) is 0 Å². The highest BCUT2D eigenvalue weighted by atomic mass is 16.6. The first-order valence-corrected chi connectivity index (χ1v) is 9.91. The van der Waals surface area contributed by atoms with E-state index >= 15 is 0 Å². The van der Waals surface area contributed by atoms with E-state index in [4.69, 9.17) is 9.15 Å². The Morgan fingerprint density at radius 2 is 1.80 bits per heavy atom. The van der Waals surface area contributed by atoms with Gasteiger partial charge in [0.25, 0.3) is 5.91 Å². The predicted molar refractivity (Wildman–Crippen MR) is 113 cm³/mol. The highest BCUT2D eigenvalue weighted by Gasteiger charge is 2.23. The number of carbonyl (C=O) groups excluding carboxylic acids is 2. The molecule has 2 aromatic rings. The number of hydrogen-bond donors (Lipinski definition) is 2. The molecule has 0 saturated carbocycles. The van der Waals surface area contributed by atoms with Gasteiger partial charge in [-0.2, -0.15) is 0 Å². The Bertz CT molecular complexity index is 856. The molecule has 1 saturated heterocycles. The molecule has 2 heterocycles. The minimum atomic E-state index is -0.284. The third-order valence-corrected chi connectivity index (χ3v) is 4.72. The van der Waals surface area contributed by atoms with Crippen LogP contribution in [0.15, 0.2) is 52.1 Å². The van der Waals surface area contributed by atoms with E-state index in [0.717, 1.165) is 11.5 Å². The highest BCUT2D eigenvalue weighted by Crippen LogP contribution is 2.12. The maximum atomic E-state index is 12.0. The smallest absolute Gasteiger partial charge is 0.409 e. The number of nitrogens with one attached hydrogen (secondary N) is 2. The van der Waals surface area contributed by atoms with Crippen LogP contribution < -0.4 is 10.6 Å². The van der Waals surface area contributed by atoms with Crippen molar-refractivity contribution in [3.05, 3.63) is 54.0 Å². The lowest BCUT2D eigenvalue weighted by Crippen LogP contribution is -2.53. The van der Waals surface area contributed by atoms with Gasteiger partial charge in [-0.3, -0.25) is 9.79 Å². The molecular formula is C21H27N5O4. The fourth-order valence-corrected chi connectivity index (χ4v) is 3.14. The van der Waals surface area contributed by atoms with Crippen molar-refractivity contribution in [2.75, 3.05) is 45.2 Å². The molecule has 0 aliphatic carbocycles. The minimum absolute atomic E-state index is 0.265. The predicted octanol–water partition coefficient (Wildman–Crippen LogP) is 2.38. The number of hydrogen-bond acceptors (Lipinski definition) is 5. The van der Waals surface area contributed by atoms with Gasteiger partial charge in [0.1, 0.15) is 0 Å². The van der Waals surface area contributed by atoms with E-state index < -0.39 is 0 Å². The minimum Gasteiger partial charge on any atom is -0.459 e. The van der Waals surface area contributed by atoms with Crippen LogP contribution in [0.2, 0.25) is 0 Å². The lowest BCUT2D eigenvalue weighted by atomic mass is 10.2. The van der Waals surface area contributed by atoms with Gasteiger partial charge in [0, 0.05) is 45.5 Å². The molecule has 1 aromatic heterocycles. The third-order valence-electron chi connectivity index (χ3n) is 4.72. The molecule has 0 bridgehead atoms. The average Bonchev–Trinajstić information content (AvgIpc) is 3.31. The van der Waals surface area contributed by atoms with Crippen molar-refractivity contribution >= 4 is 23.6 Å². The Hall–Kier alpha value is -3.49. The Kier molecular flexibility index (Phi) is 7.31. The summed E-state index contributed by atoms with van der Waals surface area (Å²) in [7, 11) is 1.74. The summed E-state index contributed by atoms with van der Waals surface area (Å²) in [5.41, 5.74) is 1.75. The molecule has 9 heteroatoms. The standard InChI is InChI=1S/C21H27N5O4/c1-3-29-21(28)26-12-10-25(11-13-26)20(22-2)23-15-16-6-8-17(9-7-16)24-19(27)18-5-4-14-30-18/h4-9,14H,3,10-13,15H2,1-2H3,(H,22,23)(H,24,27). The maximum Gasteiger partial charge on any atom is 0.409 e. The number of piperazine rings is 1. The molecule has 0 spiro atoms. The van der Waals surface area contributed by atoms with Gasteiger partial charge in [-0.1, -0.05) is 12.1 Å². The van der Waals surface area contributed by atoms with E-state index in [1.54, 1.807) is 31.0 Å². The number of aliphatic imine (C=N–C) groups is 1. The summed E-state index contributed by atoms with van der Waals surface area (Å²) in [6.07, 6.45) is 1.20. The number of furan rings is 1. The molecule has 2 amide bonds. The summed E-state index contributed by atoms with van der Waals surface area (Å²) in [4.78, 5) is 32.0. The summed E-state index contributed by atoms with van der Waals surface area (Å²) >= 11 is 0. The van der Waals surface area contributed by atoms with Gasteiger partial charge in [-0.25, -0.2) is 4.79 Å². The molecular weight excluding hydrogens is 386 g/mol. The van der Waals surface area contributed by atoms with Crippen LogP contribution in [-0.2, 0) is 11.3 Å². The second-order valence-electron chi connectivity index (χ2n) is 6.70. The van der Waals surface area contributed by atoms with E-state index in [-0.39, 0.29) is 17.8 Å². The quantitative estimate of drug-likeness (QED) is 0.577. The number of ether oxygens (including phenoxy) is 1. The van der Waals surface area contributed by atoms with Crippen LogP contribution in [0.3, 0.4) is 0 Å². The van der Waals surface area contributed by atoms with Crippen LogP contribution in [0.25, 0.3) is 0 Å². The van der Waals surface area contributed by atoms with Crippen molar-refractivity contribution in [2.24, 2.45) is 4.99 Å². The number of rotatable bonds is 5. The SMILES string of the molecule is CCOC(=O)N1CCN(C(=NC)NCc2ccc(NC(=O)c3ccco3)cc2)CC1. The highest BCUT2D eigenvalue weighted by molar-refractivity contribution is 6.02. The number of benzene rings is 1. The van der Waals surface area contributed by atoms with E-state index in [9.17, 15) is 9.59 Å². The van der Waals surface area contributed by atoms with Crippen LogP contribution >= 0.6 is 0 Å². The fraction of sp³-hybridized carbons (Fsp3) is 0.381. The fourth-order valence-electron chi connectivity index (χ4n) is 3.14. The normalized spacial score (nSPS) is 14.4. The Balaban J connectivity index is 1.47. The molecule has 160 valence electrons. The topological polar surface area (TPSA) is 99.4 Å². The van der Waals surface area contributed by atoms with Crippen LogP contribution in [0.5, 0.6) is 0 Å². The molecule has 1 aliphatic heterocycles. The molecule has 1 aromatic carbocycles. The number of amides is 2. The Labute approximate surface area is 175 Å². The first-order chi connectivity index (χ1) is 14.6. The number of carbonyl (C=O) groups is 2. The van der Waals surface area contributed by atoms with Crippen LogP contribution in [-0.4, -0.2) is 67.6 Å². The first kappa shape index (κ1) is 21.2. The molecule has 0 unspecified atom stereocenters. The van der Waals surface area contributed by atoms with E-state index in [0.29, 0.717) is 45.0 Å². The van der Waals surface area contributed by atoms with E-state index in [1.165, 1.54) is 6.26 Å². The van der Waals surface area contributed by atoms with Gasteiger partial charge in [-0.15, -0.1) is 0 Å². The molecule has 9 nitrogen and oxygen atoms in total. The first-order valence-electron chi connectivity index (χ1n) is 9.91. The zero-order valence-corrected chi connectivity index (χ0v) is 17.3. The summed E-state index contributed by atoms with van der Waals surface area (Å²) < 4.78 is 10.1. The van der Waals surface area contributed by atoms with Crippen LogP contribution in [0, 0.1) is 0 Å². The summed E-state index contributed by atoms with van der Waals surface area (Å²) in [6.45, 7) is 5.36. The van der Waals surface area contributed by atoms with Crippen molar-refractivity contribution in [2.45, 2.75) is 13.5 Å². The van der Waals surface area contributed by atoms with Gasteiger partial charge < -0.3 is 29.6 Å². The molecule has 0 radical (unpaired) electrons. The van der Waals surface area contributed by atoms with Gasteiger partial charge >= 0.3 is 6.09 Å². The number of anilines is 1. The van der Waals surface area contributed by atoms with Crippen molar-refractivity contribution in [1.82, 2.24) is 15.1 Å². The lowest BCUT2D eigenvalue weighted by molar-refractivity contribution is 0.0914. The monoisotopic (exact) mass is 413 g/mol. The van der Waals surface area contributed by atoms with Crippen molar-refractivity contribution in [3.63, 3.8) is 0 Å².